The first-order valence-electron chi connectivity index (χ1n) is 5.94. The Labute approximate surface area is 101 Å². The van der Waals surface area contributed by atoms with E-state index in [0.29, 0.717) is 0 Å². The molecule has 0 saturated carbocycles. The smallest absolute Gasteiger partial charge is 0.220 e. The van der Waals surface area contributed by atoms with Crippen molar-refractivity contribution in [1.29, 1.82) is 0 Å². The lowest BCUT2D eigenvalue weighted by Crippen LogP contribution is -2.20. The lowest BCUT2D eigenvalue weighted by molar-refractivity contribution is -0.121. The number of fused-ring (bicyclic) bond motifs is 1. The number of aryl methyl sites for hydroxylation is 1. The molecule has 2 N–H and O–H groups in total. The van der Waals surface area contributed by atoms with Crippen molar-refractivity contribution in [3.63, 3.8) is 0 Å². The molecule has 0 saturated heterocycles. The van der Waals surface area contributed by atoms with Gasteiger partial charge in [0.05, 0.1) is 0 Å². The third kappa shape index (κ3) is 2.64. The summed E-state index contributed by atoms with van der Waals surface area (Å²) >= 11 is 0. The van der Waals surface area contributed by atoms with Crippen molar-refractivity contribution >= 4 is 16.7 Å². The molecule has 0 bridgehead atoms. The van der Waals surface area contributed by atoms with Gasteiger partial charge in [-0.3, -0.25) is 4.79 Å². The van der Waals surface area contributed by atoms with Gasteiger partial charge in [0.15, 0.2) is 0 Å². The van der Waals surface area contributed by atoms with Crippen LogP contribution in [0.3, 0.4) is 0 Å². The fraction of sp³-hybridized carbons (Fsp3) is 0.267. The van der Waals surface area contributed by atoms with Crippen LogP contribution in [0.2, 0.25) is 0 Å². The predicted octanol–water partition coefficient (Wildman–Crippen LogP) is 2.89. The standard InChI is InChI=1S/C15H17NO/c1-11(15(16)17)9-10-13-7-4-6-12-5-2-3-8-14(12)13/h2-8,11H,9-10H2,1H3,(H2,16,17). The molecule has 0 spiro atoms. The van der Waals surface area contributed by atoms with E-state index in [9.17, 15) is 4.79 Å². The van der Waals surface area contributed by atoms with Crippen molar-refractivity contribution < 1.29 is 4.79 Å². The topological polar surface area (TPSA) is 43.1 Å². The Morgan fingerprint density at radius 3 is 2.65 bits per heavy atom. The Morgan fingerprint density at radius 2 is 1.88 bits per heavy atom. The summed E-state index contributed by atoms with van der Waals surface area (Å²) in [5, 5.41) is 2.52. The van der Waals surface area contributed by atoms with Crippen LogP contribution < -0.4 is 5.73 Å². The van der Waals surface area contributed by atoms with Crippen molar-refractivity contribution in [2.75, 3.05) is 0 Å². The Bertz CT molecular complexity index is 528. The molecule has 2 nitrogen and oxygen atoms in total. The van der Waals surface area contributed by atoms with Gasteiger partial charge in [-0.25, -0.2) is 0 Å². The molecular weight excluding hydrogens is 210 g/mol. The molecule has 0 radical (unpaired) electrons. The van der Waals surface area contributed by atoms with Crippen molar-refractivity contribution in [2.45, 2.75) is 19.8 Å². The summed E-state index contributed by atoms with van der Waals surface area (Å²) in [6, 6.07) is 14.6. The van der Waals surface area contributed by atoms with Crippen LogP contribution in [0, 0.1) is 5.92 Å². The van der Waals surface area contributed by atoms with Crippen molar-refractivity contribution in [3.8, 4) is 0 Å². The minimum atomic E-state index is -0.217. The van der Waals surface area contributed by atoms with Crippen molar-refractivity contribution in [3.05, 3.63) is 48.0 Å². The van der Waals surface area contributed by atoms with Gasteiger partial charge in [0.25, 0.3) is 0 Å². The second-order valence-electron chi connectivity index (χ2n) is 4.48. The number of hydrogen-bond donors (Lipinski definition) is 1. The van der Waals surface area contributed by atoms with Crippen LogP contribution >= 0.6 is 0 Å². The molecule has 2 rings (SSSR count). The number of rotatable bonds is 4. The molecule has 0 heterocycles. The van der Waals surface area contributed by atoms with Gasteiger partial charge in [0.2, 0.25) is 5.91 Å². The third-order valence-electron chi connectivity index (χ3n) is 3.21. The highest BCUT2D eigenvalue weighted by atomic mass is 16.1. The molecule has 0 aliphatic rings. The van der Waals surface area contributed by atoms with E-state index in [0.717, 1.165) is 12.8 Å². The number of primary amides is 1. The van der Waals surface area contributed by atoms with Crippen LogP contribution in [0.15, 0.2) is 42.5 Å². The largest absolute Gasteiger partial charge is 0.369 e. The Balaban J connectivity index is 2.21. The average Bonchev–Trinajstić information content (AvgIpc) is 2.35. The van der Waals surface area contributed by atoms with Gasteiger partial charge in [-0.15, -0.1) is 0 Å². The van der Waals surface area contributed by atoms with E-state index < -0.39 is 0 Å². The van der Waals surface area contributed by atoms with Gasteiger partial charge in [-0.1, -0.05) is 49.4 Å². The molecule has 1 atom stereocenters. The maximum absolute atomic E-state index is 11.0. The highest BCUT2D eigenvalue weighted by Gasteiger charge is 2.09. The molecule has 2 heteroatoms. The van der Waals surface area contributed by atoms with Crippen molar-refractivity contribution in [1.82, 2.24) is 0 Å². The first-order valence-corrected chi connectivity index (χ1v) is 5.94. The van der Waals surface area contributed by atoms with E-state index in [-0.39, 0.29) is 11.8 Å². The predicted molar refractivity (Wildman–Crippen MR) is 70.6 cm³/mol. The van der Waals surface area contributed by atoms with Crippen LogP contribution in [0.5, 0.6) is 0 Å². The maximum atomic E-state index is 11.0. The molecule has 0 aliphatic heterocycles. The van der Waals surface area contributed by atoms with Gasteiger partial charge < -0.3 is 5.73 Å². The van der Waals surface area contributed by atoms with Crippen LogP contribution in [0.1, 0.15) is 18.9 Å². The van der Waals surface area contributed by atoms with E-state index in [1.165, 1.54) is 16.3 Å². The number of benzene rings is 2. The van der Waals surface area contributed by atoms with E-state index in [1.807, 2.05) is 19.1 Å². The number of nitrogens with two attached hydrogens (primary N) is 1. The number of carbonyl (C=O) groups is 1. The average molecular weight is 227 g/mol. The molecule has 17 heavy (non-hydrogen) atoms. The summed E-state index contributed by atoms with van der Waals surface area (Å²) in [5.41, 5.74) is 6.56. The lowest BCUT2D eigenvalue weighted by atomic mass is 9.96. The van der Waals surface area contributed by atoms with Crippen LogP contribution in [0.4, 0.5) is 0 Å². The molecule has 0 fully saturated rings. The van der Waals surface area contributed by atoms with E-state index >= 15 is 0 Å². The van der Waals surface area contributed by atoms with Gasteiger partial charge in [0.1, 0.15) is 0 Å². The summed E-state index contributed by atoms with van der Waals surface area (Å²) in [7, 11) is 0. The van der Waals surface area contributed by atoms with Gasteiger partial charge in [-0.2, -0.15) is 0 Å². The molecule has 1 unspecified atom stereocenters. The van der Waals surface area contributed by atoms with Crippen LogP contribution in [-0.4, -0.2) is 5.91 Å². The highest BCUT2D eigenvalue weighted by molar-refractivity contribution is 5.85. The molecule has 0 aromatic heterocycles. The minimum Gasteiger partial charge on any atom is -0.369 e. The monoisotopic (exact) mass is 227 g/mol. The fourth-order valence-electron chi connectivity index (χ4n) is 2.02. The molecule has 2 aromatic rings. The Hall–Kier alpha value is -1.83. The highest BCUT2D eigenvalue weighted by Crippen LogP contribution is 2.20. The van der Waals surface area contributed by atoms with E-state index in [2.05, 4.69) is 30.3 Å². The molecular formula is C15H17NO. The minimum absolute atomic E-state index is 0.0611. The van der Waals surface area contributed by atoms with Gasteiger partial charge in [0, 0.05) is 5.92 Å². The molecule has 1 amide bonds. The second-order valence-corrected chi connectivity index (χ2v) is 4.48. The van der Waals surface area contributed by atoms with Crippen LogP contribution in [0.25, 0.3) is 10.8 Å². The normalized spacial score (nSPS) is 12.5. The Kier molecular flexibility index (Phi) is 3.43. The number of hydrogen-bond acceptors (Lipinski definition) is 1. The Morgan fingerprint density at radius 1 is 1.18 bits per heavy atom. The van der Waals surface area contributed by atoms with Gasteiger partial charge in [-0.05, 0) is 29.2 Å². The zero-order chi connectivity index (χ0) is 12.3. The zero-order valence-corrected chi connectivity index (χ0v) is 10.0. The summed E-state index contributed by atoms with van der Waals surface area (Å²) in [6.45, 7) is 1.88. The zero-order valence-electron chi connectivity index (χ0n) is 10.0. The van der Waals surface area contributed by atoms with E-state index in [4.69, 9.17) is 5.73 Å². The SMILES string of the molecule is CC(CCc1cccc2ccccc12)C(N)=O. The summed E-state index contributed by atoms with van der Waals surface area (Å²) in [6.07, 6.45) is 1.70. The first kappa shape index (κ1) is 11.6. The maximum Gasteiger partial charge on any atom is 0.220 e. The fourth-order valence-corrected chi connectivity index (χ4v) is 2.02. The number of amides is 1. The van der Waals surface area contributed by atoms with Crippen LogP contribution in [-0.2, 0) is 11.2 Å². The lowest BCUT2D eigenvalue weighted by Gasteiger charge is -2.09. The summed E-state index contributed by atoms with van der Waals surface area (Å²) in [5.74, 6) is -0.279. The van der Waals surface area contributed by atoms with Crippen molar-refractivity contribution in [2.24, 2.45) is 11.7 Å². The molecule has 2 aromatic carbocycles. The van der Waals surface area contributed by atoms with E-state index in [1.54, 1.807) is 0 Å². The summed E-state index contributed by atoms with van der Waals surface area (Å²) < 4.78 is 0. The van der Waals surface area contributed by atoms with Gasteiger partial charge >= 0.3 is 0 Å². The quantitative estimate of drug-likeness (QED) is 0.857. The first-order chi connectivity index (χ1) is 8.18. The third-order valence-corrected chi connectivity index (χ3v) is 3.21. The molecule has 88 valence electrons. The number of carbonyl (C=O) groups excluding carboxylic acids is 1. The summed E-state index contributed by atoms with van der Waals surface area (Å²) in [4.78, 5) is 11.0. The molecule has 0 aliphatic carbocycles. The second kappa shape index (κ2) is 5.00.